The molecule has 0 aromatic heterocycles. The number of nitrogens with zero attached hydrogens (tertiary/aromatic N) is 2. The Kier molecular flexibility index (Phi) is 7.18. The lowest BCUT2D eigenvalue weighted by atomic mass is 9.85. The molecule has 0 bridgehead atoms. The zero-order valence-corrected chi connectivity index (χ0v) is 15.0. The predicted molar refractivity (Wildman–Crippen MR) is 98.9 cm³/mol. The minimum atomic E-state index is 0.356. The maximum Gasteiger partial charge on any atom is 0.188 e. The second-order valence-electron chi connectivity index (χ2n) is 6.39. The number of nitrogens with one attached hydrogen (secondary N) is 1. The van der Waals surface area contributed by atoms with Crippen molar-refractivity contribution in [3.8, 4) is 0 Å². The van der Waals surface area contributed by atoms with Crippen LogP contribution in [0.25, 0.3) is 0 Å². The fourth-order valence-corrected chi connectivity index (χ4v) is 3.53. The zero-order valence-electron chi connectivity index (χ0n) is 14.3. The maximum absolute atomic E-state index is 6.18. The average Bonchev–Trinajstić information content (AvgIpc) is 2.53. The molecule has 1 fully saturated rings. The number of hydrogen-bond donors (Lipinski definition) is 2. The molecule has 0 radical (unpaired) electrons. The van der Waals surface area contributed by atoms with Gasteiger partial charge in [-0.2, -0.15) is 0 Å². The van der Waals surface area contributed by atoms with Gasteiger partial charge < -0.3 is 11.1 Å². The Hall–Kier alpha value is -1.26. The Morgan fingerprint density at radius 2 is 2.30 bits per heavy atom. The second kappa shape index (κ2) is 9.14. The van der Waals surface area contributed by atoms with Gasteiger partial charge in [0.05, 0.1) is 0 Å². The van der Waals surface area contributed by atoms with Gasteiger partial charge in [-0.15, -0.1) is 0 Å². The number of unbranched alkanes of at least 4 members (excludes halogenated alkanes) is 1. The molecule has 128 valence electrons. The lowest BCUT2D eigenvalue weighted by Gasteiger charge is -2.39. The van der Waals surface area contributed by atoms with E-state index in [1.807, 2.05) is 12.1 Å². The van der Waals surface area contributed by atoms with E-state index in [0.29, 0.717) is 17.9 Å². The number of piperidine rings is 1. The van der Waals surface area contributed by atoms with Gasteiger partial charge >= 0.3 is 0 Å². The lowest BCUT2D eigenvalue weighted by molar-refractivity contribution is 0.125. The van der Waals surface area contributed by atoms with Crippen LogP contribution in [0.5, 0.6) is 0 Å². The van der Waals surface area contributed by atoms with Crippen molar-refractivity contribution in [2.24, 2.45) is 16.6 Å². The fraction of sp³-hybridized carbons (Fsp3) is 0.611. The summed E-state index contributed by atoms with van der Waals surface area (Å²) in [5.41, 5.74) is 7.25. The molecule has 1 aromatic rings. The van der Waals surface area contributed by atoms with E-state index < -0.39 is 0 Å². The van der Waals surface area contributed by atoms with Gasteiger partial charge in [0.1, 0.15) is 0 Å². The summed E-state index contributed by atoms with van der Waals surface area (Å²) in [6.07, 6.45) is 4.66. The SMILES string of the molecule is CCCCNC(N)=NCC1CCCN(C)C1c1cccc(Cl)c1. The van der Waals surface area contributed by atoms with Crippen LogP contribution in [-0.4, -0.2) is 37.5 Å². The highest BCUT2D eigenvalue weighted by Gasteiger charge is 2.30. The third-order valence-electron chi connectivity index (χ3n) is 4.53. The van der Waals surface area contributed by atoms with Gasteiger partial charge in [-0.3, -0.25) is 9.89 Å². The first-order valence-electron chi connectivity index (χ1n) is 8.61. The molecule has 2 unspecified atom stereocenters. The van der Waals surface area contributed by atoms with E-state index >= 15 is 0 Å². The smallest absolute Gasteiger partial charge is 0.188 e. The van der Waals surface area contributed by atoms with E-state index in [9.17, 15) is 0 Å². The summed E-state index contributed by atoms with van der Waals surface area (Å²) in [5, 5.41) is 3.99. The topological polar surface area (TPSA) is 53.6 Å². The minimum absolute atomic E-state index is 0.356. The molecule has 2 atom stereocenters. The van der Waals surface area contributed by atoms with Gasteiger partial charge in [-0.05, 0) is 56.5 Å². The van der Waals surface area contributed by atoms with Crippen molar-refractivity contribution in [1.29, 1.82) is 0 Å². The van der Waals surface area contributed by atoms with Crippen LogP contribution in [0.1, 0.15) is 44.2 Å². The Bertz CT molecular complexity index is 517. The first-order valence-corrected chi connectivity index (χ1v) is 8.99. The molecule has 1 aliphatic rings. The summed E-state index contributed by atoms with van der Waals surface area (Å²) in [4.78, 5) is 6.99. The molecular weight excluding hydrogens is 308 g/mol. The fourth-order valence-electron chi connectivity index (χ4n) is 3.33. The van der Waals surface area contributed by atoms with Crippen LogP contribution < -0.4 is 11.1 Å². The molecule has 3 N–H and O–H groups in total. The first-order chi connectivity index (χ1) is 11.1. The van der Waals surface area contributed by atoms with Crippen LogP contribution in [0.4, 0.5) is 0 Å². The van der Waals surface area contributed by atoms with Gasteiger partial charge in [0.2, 0.25) is 0 Å². The normalized spacial score (nSPS) is 23.0. The van der Waals surface area contributed by atoms with Crippen molar-refractivity contribution in [3.63, 3.8) is 0 Å². The molecule has 23 heavy (non-hydrogen) atoms. The van der Waals surface area contributed by atoms with E-state index in [-0.39, 0.29) is 0 Å². The third kappa shape index (κ3) is 5.40. The summed E-state index contributed by atoms with van der Waals surface area (Å²) in [7, 11) is 2.18. The van der Waals surface area contributed by atoms with Crippen LogP contribution in [0.15, 0.2) is 29.3 Å². The first kappa shape index (κ1) is 18.1. The molecule has 5 heteroatoms. The number of nitrogens with two attached hydrogens (primary N) is 1. The molecule has 0 amide bonds. The van der Waals surface area contributed by atoms with Crippen LogP contribution in [0, 0.1) is 5.92 Å². The average molecular weight is 337 g/mol. The molecule has 1 heterocycles. The standard InChI is InChI=1S/C18H29ClN4/c1-3-4-10-21-18(20)22-13-15-8-6-11-23(2)17(15)14-7-5-9-16(19)12-14/h5,7,9,12,15,17H,3-4,6,8,10-11,13H2,1-2H3,(H3,20,21,22). The number of benzene rings is 1. The lowest BCUT2D eigenvalue weighted by Crippen LogP contribution is -2.38. The van der Waals surface area contributed by atoms with Crippen LogP contribution >= 0.6 is 11.6 Å². The molecule has 0 aliphatic carbocycles. The second-order valence-corrected chi connectivity index (χ2v) is 6.83. The Morgan fingerprint density at radius 3 is 3.04 bits per heavy atom. The van der Waals surface area contributed by atoms with Gasteiger partial charge in [-0.25, -0.2) is 0 Å². The minimum Gasteiger partial charge on any atom is -0.370 e. The van der Waals surface area contributed by atoms with Crippen molar-refractivity contribution < 1.29 is 0 Å². The monoisotopic (exact) mass is 336 g/mol. The van der Waals surface area contributed by atoms with Crippen molar-refractivity contribution >= 4 is 17.6 Å². The van der Waals surface area contributed by atoms with Crippen molar-refractivity contribution in [1.82, 2.24) is 10.2 Å². The zero-order chi connectivity index (χ0) is 16.7. The number of rotatable bonds is 6. The van der Waals surface area contributed by atoms with Gasteiger partial charge in [-0.1, -0.05) is 37.1 Å². The Balaban J connectivity index is 2.04. The highest BCUT2D eigenvalue weighted by Crippen LogP contribution is 2.36. The van der Waals surface area contributed by atoms with Crippen molar-refractivity contribution in [3.05, 3.63) is 34.9 Å². The number of halogens is 1. The van der Waals surface area contributed by atoms with E-state index in [4.69, 9.17) is 17.3 Å². The Labute approximate surface area is 145 Å². The van der Waals surface area contributed by atoms with E-state index in [0.717, 1.165) is 37.5 Å². The maximum atomic E-state index is 6.18. The third-order valence-corrected chi connectivity index (χ3v) is 4.77. The molecule has 1 aliphatic heterocycles. The largest absolute Gasteiger partial charge is 0.370 e. The van der Waals surface area contributed by atoms with Crippen molar-refractivity contribution in [2.45, 2.75) is 38.6 Å². The molecule has 0 saturated carbocycles. The highest BCUT2D eigenvalue weighted by atomic mass is 35.5. The molecule has 1 saturated heterocycles. The summed E-state index contributed by atoms with van der Waals surface area (Å²) >= 11 is 6.18. The summed E-state index contributed by atoms with van der Waals surface area (Å²) in [5.74, 6) is 1.04. The van der Waals surface area contributed by atoms with E-state index in [1.165, 1.54) is 18.4 Å². The summed E-state index contributed by atoms with van der Waals surface area (Å²) in [6.45, 7) is 4.94. The molecule has 2 rings (SSSR count). The number of likely N-dealkylation sites (tertiary alicyclic amines) is 1. The van der Waals surface area contributed by atoms with Gasteiger partial charge in [0.25, 0.3) is 0 Å². The van der Waals surface area contributed by atoms with Crippen molar-refractivity contribution in [2.75, 3.05) is 26.7 Å². The summed E-state index contributed by atoms with van der Waals surface area (Å²) < 4.78 is 0. The molecular formula is C18H29ClN4. The van der Waals surface area contributed by atoms with Gasteiger partial charge in [0.15, 0.2) is 5.96 Å². The number of guanidine groups is 1. The predicted octanol–water partition coefficient (Wildman–Crippen LogP) is 3.43. The van der Waals surface area contributed by atoms with E-state index in [2.05, 4.69) is 41.3 Å². The number of aliphatic imine (C=N–C) groups is 1. The van der Waals surface area contributed by atoms with E-state index in [1.54, 1.807) is 0 Å². The summed E-state index contributed by atoms with van der Waals surface area (Å²) in [6, 6.07) is 8.55. The molecule has 4 nitrogen and oxygen atoms in total. The van der Waals surface area contributed by atoms with Crippen LogP contribution in [-0.2, 0) is 0 Å². The molecule has 1 aromatic carbocycles. The molecule has 0 spiro atoms. The quantitative estimate of drug-likeness (QED) is 0.475. The highest BCUT2D eigenvalue weighted by molar-refractivity contribution is 6.30. The van der Waals surface area contributed by atoms with Gasteiger partial charge in [0, 0.05) is 24.2 Å². The van der Waals surface area contributed by atoms with Crippen LogP contribution in [0.3, 0.4) is 0 Å². The Morgan fingerprint density at radius 1 is 1.48 bits per heavy atom. The number of hydrogen-bond acceptors (Lipinski definition) is 2. The van der Waals surface area contributed by atoms with Crippen LogP contribution in [0.2, 0.25) is 5.02 Å².